The van der Waals surface area contributed by atoms with Gasteiger partial charge in [0.15, 0.2) is 0 Å². The van der Waals surface area contributed by atoms with E-state index in [1.807, 2.05) is 48.5 Å². The molecule has 1 saturated heterocycles. The summed E-state index contributed by atoms with van der Waals surface area (Å²) in [6.07, 6.45) is 1.14. The van der Waals surface area contributed by atoms with E-state index in [0.29, 0.717) is 25.9 Å². The number of hydrogen-bond donors (Lipinski definition) is 1. The molecule has 0 bridgehead atoms. The molecular formula is C28H30N4O4. The molecule has 2 atom stereocenters. The predicted molar refractivity (Wildman–Crippen MR) is 140 cm³/mol. The Balaban J connectivity index is 1.38. The summed E-state index contributed by atoms with van der Waals surface area (Å²) in [7, 11) is 1.65. The van der Waals surface area contributed by atoms with E-state index in [-0.39, 0.29) is 28.5 Å². The van der Waals surface area contributed by atoms with Crippen LogP contribution in [0.2, 0.25) is 0 Å². The molecule has 2 aliphatic heterocycles. The lowest BCUT2D eigenvalue weighted by Gasteiger charge is -2.49. The first-order chi connectivity index (χ1) is 17.5. The number of nitro groups is 1. The number of nitro benzene ring substituents is 1. The van der Waals surface area contributed by atoms with Gasteiger partial charge in [-0.1, -0.05) is 36.4 Å². The van der Waals surface area contributed by atoms with Crippen LogP contribution in [0.25, 0.3) is 0 Å². The maximum atomic E-state index is 13.5. The highest BCUT2D eigenvalue weighted by atomic mass is 16.6. The third-order valence-electron chi connectivity index (χ3n) is 7.25. The minimum atomic E-state index is -0.373. The lowest BCUT2D eigenvalue weighted by atomic mass is 9.83. The number of nitrogens with zero attached hydrogens (tertiary/aromatic N) is 3. The first kappa shape index (κ1) is 23.7. The Morgan fingerprint density at radius 1 is 1.08 bits per heavy atom. The second-order valence-corrected chi connectivity index (χ2v) is 9.28. The van der Waals surface area contributed by atoms with Crippen molar-refractivity contribution in [2.24, 2.45) is 5.92 Å². The van der Waals surface area contributed by atoms with Crippen molar-refractivity contribution in [3.05, 3.63) is 94.0 Å². The molecule has 1 amide bonds. The number of benzene rings is 3. The number of carbonyl (C=O) groups excluding carboxylic acids is 1. The number of hydrogen-bond acceptors (Lipinski definition) is 6. The van der Waals surface area contributed by atoms with Gasteiger partial charge in [-0.2, -0.15) is 0 Å². The van der Waals surface area contributed by atoms with E-state index in [9.17, 15) is 14.9 Å². The Kier molecular flexibility index (Phi) is 6.75. The molecule has 5 rings (SSSR count). The van der Waals surface area contributed by atoms with E-state index in [1.165, 1.54) is 0 Å². The van der Waals surface area contributed by atoms with Crippen molar-refractivity contribution in [3.8, 4) is 5.75 Å². The lowest BCUT2D eigenvalue weighted by Crippen LogP contribution is -2.61. The van der Waals surface area contributed by atoms with Gasteiger partial charge in [-0.25, -0.2) is 0 Å². The summed E-state index contributed by atoms with van der Waals surface area (Å²) in [6.45, 7) is 2.77. The monoisotopic (exact) mass is 486 g/mol. The molecule has 186 valence electrons. The molecule has 0 saturated carbocycles. The Morgan fingerprint density at radius 2 is 1.86 bits per heavy atom. The SMILES string of the molecule is COc1ccccc1CCNC(=O)C1Cc2cc([N+](=O)[O-])ccc2N2CCN(c3ccccc3)CC12. The van der Waals surface area contributed by atoms with Gasteiger partial charge in [0.05, 0.1) is 24.0 Å². The highest BCUT2D eigenvalue weighted by molar-refractivity contribution is 5.82. The van der Waals surface area contributed by atoms with E-state index in [2.05, 4.69) is 27.2 Å². The van der Waals surface area contributed by atoms with Gasteiger partial charge in [0.1, 0.15) is 5.75 Å². The topological polar surface area (TPSA) is 87.9 Å². The van der Waals surface area contributed by atoms with Crippen molar-refractivity contribution in [1.82, 2.24) is 5.32 Å². The molecule has 8 heteroatoms. The van der Waals surface area contributed by atoms with Crippen molar-refractivity contribution < 1.29 is 14.5 Å². The highest BCUT2D eigenvalue weighted by Crippen LogP contribution is 2.38. The van der Waals surface area contributed by atoms with Gasteiger partial charge in [0.25, 0.3) is 5.69 Å². The number of amides is 1. The standard InChI is InChI=1S/C28H30N4O4/c1-36-27-10-6-5-7-20(27)13-14-29-28(33)24-18-21-17-23(32(34)35)11-12-25(21)31-16-15-30(19-26(24)31)22-8-3-2-4-9-22/h2-12,17,24,26H,13-16,18-19H2,1H3,(H,29,33). The molecule has 8 nitrogen and oxygen atoms in total. The number of anilines is 2. The third-order valence-corrected chi connectivity index (χ3v) is 7.25. The average molecular weight is 487 g/mol. The minimum absolute atomic E-state index is 0.0213. The number of methoxy groups -OCH3 is 1. The van der Waals surface area contributed by atoms with Crippen LogP contribution in [-0.4, -0.2) is 50.2 Å². The Labute approximate surface area is 210 Å². The number of ether oxygens (including phenoxy) is 1. The summed E-state index contributed by atoms with van der Waals surface area (Å²) in [5, 5.41) is 14.5. The third kappa shape index (κ3) is 4.71. The first-order valence-corrected chi connectivity index (χ1v) is 12.3. The summed E-state index contributed by atoms with van der Waals surface area (Å²) < 4.78 is 5.43. The molecule has 1 fully saturated rings. The molecule has 2 unspecified atom stereocenters. The van der Waals surface area contributed by atoms with E-state index in [1.54, 1.807) is 19.2 Å². The number of fused-ring (bicyclic) bond motifs is 3. The largest absolute Gasteiger partial charge is 0.496 e. The van der Waals surface area contributed by atoms with Gasteiger partial charge in [0, 0.05) is 49.7 Å². The summed E-state index contributed by atoms with van der Waals surface area (Å²) >= 11 is 0. The average Bonchev–Trinajstić information content (AvgIpc) is 2.92. The molecule has 2 aliphatic rings. The second kappa shape index (κ2) is 10.3. The van der Waals surface area contributed by atoms with Crippen LogP contribution >= 0.6 is 0 Å². The van der Waals surface area contributed by atoms with Crippen molar-refractivity contribution in [2.75, 3.05) is 43.1 Å². The number of rotatable bonds is 7. The number of non-ortho nitro benzene ring substituents is 1. The smallest absolute Gasteiger partial charge is 0.269 e. The van der Waals surface area contributed by atoms with Crippen molar-refractivity contribution in [2.45, 2.75) is 18.9 Å². The molecule has 1 N–H and O–H groups in total. The molecule has 0 spiro atoms. The van der Waals surface area contributed by atoms with Crippen LogP contribution in [0.4, 0.5) is 17.1 Å². The molecule has 0 radical (unpaired) electrons. The zero-order valence-electron chi connectivity index (χ0n) is 20.3. The first-order valence-electron chi connectivity index (χ1n) is 12.3. The van der Waals surface area contributed by atoms with Gasteiger partial charge < -0.3 is 19.9 Å². The van der Waals surface area contributed by atoms with E-state index >= 15 is 0 Å². The second-order valence-electron chi connectivity index (χ2n) is 9.28. The van der Waals surface area contributed by atoms with E-state index in [0.717, 1.165) is 41.3 Å². The van der Waals surface area contributed by atoms with Gasteiger partial charge in [0.2, 0.25) is 5.91 Å². The van der Waals surface area contributed by atoms with Crippen LogP contribution in [0.1, 0.15) is 11.1 Å². The molecule has 3 aromatic rings. The van der Waals surface area contributed by atoms with Crippen LogP contribution < -0.4 is 19.9 Å². The summed E-state index contributed by atoms with van der Waals surface area (Å²) in [5.74, 6) is 0.471. The molecule has 36 heavy (non-hydrogen) atoms. The van der Waals surface area contributed by atoms with Crippen LogP contribution in [0.5, 0.6) is 5.75 Å². The highest BCUT2D eigenvalue weighted by Gasteiger charge is 2.42. The summed E-state index contributed by atoms with van der Waals surface area (Å²) in [5.41, 5.74) is 4.10. The number of carbonyl (C=O) groups is 1. The molecular weight excluding hydrogens is 456 g/mol. The molecule has 0 aromatic heterocycles. The molecule has 0 aliphatic carbocycles. The van der Waals surface area contributed by atoms with Crippen molar-refractivity contribution >= 4 is 23.0 Å². The van der Waals surface area contributed by atoms with Crippen molar-refractivity contribution in [3.63, 3.8) is 0 Å². The minimum Gasteiger partial charge on any atom is -0.496 e. The normalized spacial score (nSPS) is 18.7. The molecule has 2 heterocycles. The Hall–Kier alpha value is -4.07. The van der Waals surface area contributed by atoms with E-state index in [4.69, 9.17) is 4.74 Å². The number of piperazine rings is 1. The Morgan fingerprint density at radius 3 is 2.64 bits per heavy atom. The quantitative estimate of drug-likeness (QED) is 0.403. The van der Waals surface area contributed by atoms with Crippen LogP contribution in [0.3, 0.4) is 0 Å². The lowest BCUT2D eigenvalue weighted by molar-refractivity contribution is -0.384. The van der Waals surface area contributed by atoms with Crippen molar-refractivity contribution in [1.29, 1.82) is 0 Å². The fourth-order valence-corrected chi connectivity index (χ4v) is 5.46. The van der Waals surface area contributed by atoms with Crippen LogP contribution in [0.15, 0.2) is 72.8 Å². The van der Waals surface area contributed by atoms with Crippen LogP contribution in [-0.2, 0) is 17.6 Å². The predicted octanol–water partition coefficient (Wildman–Crippen LogP) is 3.83. The zero-order chi connectivity index (χ0) is 25.1. The van der Waals surface area contributed by atoms with Gasteiger partial charge in [-0.3, -0.25) is 14.9 Å². The fourth-order valence-electron chi connectivity index (χ4n) is 5.46. The zero-order valence-corrected chi connectivity index (χ0v) is 20.3. The van der Waals surface area contributed by atoms with Gasteiger partial charge >= 0.3 is 0 Å². The fraction of sp³-hybridized carbons (Fsp3) is 0.321. The number of para-hydroxylation sites is 2. The summed E-state index contributed by atoms with van der Waals surface area (Å²) in [6, 6.07) is 23.1. The van der Waals surface area contributed by atoms with E-state index < -0.39 is 0 Å². The maximum Gasteiger partial charge on any atom is 0.269 e. The number of nitrogens with one attached hydrogen (secondary N) is 1. The summed E-state index contributed by atoms with van der Waals surface area (Å²) in [4.78, 5) is 29.2. The molecule has 3 aromatic carbocycles. The maximum absolute atomic E-state index is 13.5. The van der Waals surface area contributed by atoms with Gasteiger partial charge in [-0.15, -0.1) is 0 Å². The Bertz CT molecular complexity index is 1250. The van der Waals surface area contributed by atoms with Gasteiger partial charge in [-0.05, 0) is 48.2 Å². The van der Waals surface area contributed by atoms with Crippen LogP contribution in [0, 0.1) is 16.0 Å².